The Balaban J connectivity index is 2.60. The lowest BCUT2D eigenvalue weighted by Gasteiger charge is -2.20. The molecule has 1 rings (SSSR count). The number of hydrogen-bond donors (Lipinski definition) is 1. The minimum Gasteiger partial charge on any atom is -0.380 e. The number of ether oxygens (including phenoxy) is 1. The van der Waals surface area contributed by atoms with Gasteiger partial charge in [-0.25, -0.2) is 4.98 Å². The predicted molar refractivity (Wildman–Crippen MR) is 58.8 cm³/mol. The Bertz CT molecular complexity index is 293. The van der Waals surface area contributed by atoms with Crippen LogP contribution in [0.5, 0.6) is 0 Å². The van der Waals surface area contributed by atoms with Crippen molar-refractivity contribution >= 4 is 17.3 Å². The van der Waals surface area contributed by atoms with Gasteiger partial charge in [0.05, 0.1) is 6.10 Å². The zero-order valence-electron chi connectivity index (χ0n) is 8.62. The first-order valence-electron chi connectivity index (χ1n) is 4.54. The van der Waals surface area contributed by atoms with E-state index in [1.54, 1.807) is 19.4 Å². The van der Waals surface area contributed by atoms with Crippen LogP contribution in [0.2, 0.25) is 5.15 Å². The average molecular weight is 215 g/mol. The zero-order valence-corrected chi connectivity index (χ0v) is 9.38. The maximum Gasteiger partial charge on any atom is 0.131 e. The molecule has 1 aromatic heterocycles. The van der Waals surface area contributed by atoms with Crippen molar-refractivity contribution in [3.63, 3.8) is 0 Å². The Morgan fingerprint density at radius 2 is 2.21 bits per heavy atom. The van der Waals surface area contributed by atoms with Gasteiger partial charge < -0.3 is 10.1 Å². The molecule has 2 unspecified atom stereocenters. The summed E-state index contributed by atoms with van der Waals surface area (Å²) in [4.78, 5) is 3.91. The first kappa shape index (κ1) is 11.3. The molecule has 3 nitrogen and oxygen atoms in total. The van der Waals surface area contributed by atoms with Crippen molar-refractivity contribution in [3.8, 4) is 0 Å². The normalized spacial score (nSPS) is 14.9. The summed E-state index contributed by atoms with van der Waals surface area (Å²) < 4.78 is 5.20. The summed E-state index contributed by atoms with van der Waals surface area (Å²) in [5.74, 6) is 0. The number of rotatable bonds is 4. The summed E-state index contributed by atoms with van der Waals surface area (Å²) in [5.41, 5.74) is 0.960. The fourth-order valence-corrected chi connectivity index (χ4v) is 1.25. The van der Waals surface area contributed by atoms with E-state index in [4.69, 9.17) is 16.3 Å². The first-order chi connectivity index (χ1) is 6.63. The van der Waals surface area contributed by atoms with Crippen molar-refractivity contribution in [2.24, 2.45) is 0 Å². The van der Waals surface area contributed by atoms with Crippen LogP contribution in [0.1, 0.15) is 13.8 Å². The van der Waals surface area contributed by atoms with E-state index in [2.05, 4.69) is 17.2 Å². The Kier molecular flexibility index (Phi) is 4.17. The summed E-state index contributed by atoms with van der Waals surface area (Å²) in [6.07, 6.45) is 1.83. The van der Waals surface area contributed by atoms with Gasteiger partial charge >= 0.3 is 0 Å². The molecule has 0 amide bonds. The minimum atomic E-state index is 0.155. The minimum absolute atomic E-state index is 0.155. The van der Waals surface area contributed by atoms with Crippen molar-refractivity contribution in [1.82, 2.24) is 4.98 Å². The van der Waals surface area contributed by atoms with Gasteiger partial charge in [-0.2, -0.15) is 0 Å². The van der Waals surface area contributed by atoms with Crippen LogP contribution in [0.25, 0.3) is 0 Å². The molecule has 4 heteroatoms. The molecule has 0 aliphatic carbocycles. The predicted octanol–water partition coefficient (Wildman–Crippen LogP) is 2.57. The molecule has 78 valence electrons. The monoisotopic (exact) mass is 214 g/mol. The number of nitrogens with one attached hydrogen (secondary N) is 1. The molecule has 1 N–H and O–H groups in total. The molecule has 0 saturated heterocycles. The Labute approximate surface area is 89.4 Å². The largest absolute Gasteiger partial charge is 0.380 e. The molecular weight excluding hydrogens is 200 g/mol. The van der Waals surface area contributed by atoms with Gasteiger partial charge in [-0.1, -0.05) is 11.6 Å². The summed E-state index contributed by atoms with van der Waals surface area (Å²) in [5, 5.41) is 3.78. The van der Waals surface area contributed by atoms with Crippen LogP contribution in [0, 0.1) is 0 Å². The maximum atomic E-state index is 5.76. The van der Waals surface area contributed by atoms with E-state index in [0.717, 1.165) is 5.69 Å². The Hall–Kier alpha value is -0.800. The van der Waals surface area contributed by atoms with Crippen molar-refractivity contribution in [2.75, 3.05) is 12.4 Å². The molecule has 0 saturated carbocycles. The number of methoxy groups -OCH3 is 1. The molecule has 0 radical (unpaired) electrons. The standard InChI is InChI=1S/C10H15ClN2O/c1-7(8(2)14-3)13-9-4-5-12-10(11)6-9/h4-8H,1-3H3,(H,12,13). The van der Waals surface area contributed by atoms with Gasteiger partial charge in [0.2, 0.25) is 0 Å². The topological polar surface area (TPSA) is 34.1 Å². The van der Waals surface area contributed by atoms with Gasteiger partial charge in [-0.15, -0.1) is 0 Å². The average Bonchev–Trinajstić information content (AvgIpc) is 2.16. The third-order valence-corrected chi connectivity index (χ3v) is 2.40. The van der Waals surface area contributed by atoms with Crippen LogP contribution in [0.15, 0.2) is 18.3 Å². The third kappa shape index (κ3) is 3.16. The van der Waals surface area contributed by atoms with E-state index in [9.17, 15) is 0 Å². The second-order valence-electron chi connectivity index (χ2n) is 3.24. The highest BCUT2D eigenvalue weighted by Gasteiger charge is 2.10. The smallest absolute Gasteiger partial charge is 0.131 e. The van der Waals surface area contributed by atoms with Crippen LogP contribution >= 0.6 is 11.6 Å². The summed E-state index contributed by atoms with van der Waals surface area (Å²) in [7, 11) is 1.70. The van der Waals surface area contributed by atoms with Gasteiger partial charge in [-0.05, 0) is 26.0 Å². The molecule has 0 spiro atoms. The lowest BCUT2D eigenvalue weighted by atomic mass is 10.2. The van der Waals surface area contributed by atoms with E-state index >= 15 is 0 Å². The van der Waals surface area contributed by atoms with Crippen molar-refractivity contribution in [2.45, 2.75) is 26.0 Å². The molecule has 0 aliphatic heterocycles. The Morgan fingerprint density at radius 3 is 2.79 bits per heavy atom. The number of pyridine rings is 1. The highest BCUT2D eigenvalue weighted by atomic mass is 35.5. The molecule has 0 bridgehead atoms. The fourth-order valence-electron chi connectivity index (χ4n) is 1.08. The van der Waals surface area contributed by atoms with Gasteiger partial charge in [0.1, 0.15) is 5.15 Å². The zero-order chi connectivity index (χ0) is 10.6. The molecule has 1 aromatic rings. The van der Waals surface area contributed by atoms with Crippen LogP contribution in [0.4, 0.5) is 5.69 Å². The lowest BCUT2D eigenvalue weighted by Crippen LogP contribution is -2.29. The van der Waals surface area contributed by atoms with Crippen molar-refractivity contribution in [1.29, 1.82) is 0 Å². The fraction of sp³-hybridized carbons (Fsp3) is 0.500. The molecule has 0 aromatic carbocycles. The Morgan fingerprint density at radius 1 is 1.50 bits per heavy atom. The second-order valence-corrected chi connectivity index (χ2v) is 3.63. The summed E-state index contributed by atoms with van der Waals surface area (Å²) >= 11 is 5.76. The quantitative estimate of drug-likeness (QED) is 0.783. The number of aromatic nitrogens is 1. The van der Waals surface area contributed by atoms with Crippen molar-refractivity contribution in [3.05, 3.63) is 23.5 Å². The van der Waals surface area contributed by atoms with E-state index in [0.29, 0.717) is 5.15 Å². The van der Waals surface area contributed by atoms with E-state index in [1.165, 1.54) is 0 Å². The molecule has 0 aliphatic rings. The summed E-state index contributed by atoms with van der Waals surface area (Å²) in [6, 6.07) is 3.91. The molecular formula is C10H15ClN2O. The number of nitrogens with zero attached hydrogens (tertiary/aromatic N) is 1. The van der Waals surface area contributed by atoms with Crippen LogP contribution in [0.3, 0.4) is 0 Å². The van der Waals surface area contributed by atoms with Crippen LogP contribution < -0.4 is 5.32 Å². The molecule has 2 atom stereocenters. The highest BCUT2D eigenvalue weighted by Crippen LogP contribution is 2.14. The van der Waals surface area contributed by atoms with E-state index in [-0.39, 0.29) is 12.1 Å². The first-order valence-corrected chi connectivity index (χ1v) is 4.92. The molecule has 1 heterocycles. The molecule has 0 fully saturated rings. The van der Waals surface area contributed by atoms with Gasteiger partial charge in [0.25, 0.3) is 0 Å². The highest BCUT2D eigenvalue weighted by molar-refractivity contribution is 6.29. The SMILES string of the molecule is COC(C)C(C)Nc1ccnc(Cl)c1. The molecule has 14 heavy (non-hydrogen) atoms. The van der Waals surface area contributed by atoms with Gasteiger partial charge in [0.15, 0.2) is 0 Å². The lowest BCUT2D eigenvalue weighted by molar-refractivity contribution is 0.106. The summed E-state index contributed by atoms with van der Waals surface area (Å²) in [6.45, 7) is 4.07. The van der Waals surface area contributed by atoms with Crippen molar-refractivity contribution < 1.29 is 4.74 Å². The number of anilines is 1. The maximum absolute atomic E-state index is 5.76. The van der Waals surface area contributed by atoms with Crippen LogP contribution in [-0.2, 0) is 4.74 Å². The van der Waals surface area contributed by atoms with Crippen LogP contribution in [-0.4, -0.2) is 24.2 Å². The second kappa shape index (κ2) is 5.17. The number of halogens is 1. The third-order valence-electron chi connectivity index (χ3n) is 2.20. The van der Waals surface area contributed by atoms with Gasteiger partial charge in [0, 0.05) is 25.0 Å². The van der Waals surface area contributed by atoms with E-state index < -0.39 is 0 Å². The number of hydrogen-bond acceptors (Lipinski definition) is 3. The van der Waals surface area contributed by atoms with Gasteiger partial charge in [-0.3, -0.25) is 0 Å². The van der Waals surface area contributed by atoms with E-state index in [1.807, 2.05) is 13.0 Å².